The maximum absolute atomic E-state index is 13.4. The summed E-state index contributed by atoms with van der Waals surface area (Å²) < 4.78 is 32.2. The van der Waals surface area contributed by atoms with Gasteiger partial charge in [0.25, 0.3) is 0 Å². The Bertz CT molecular complexity index is 762. The van der Waals surface area contributed by atoms with Crippen LogP contribution in [0.15, 0.2) is 42.5 Å². The number of anilines is 1. The second-order valence-electron chi connectivity index (χ2n) is 4.81. The van der Waals surface area contributed by atoms with Crippen molar-refractivity contribution in [2.45, 2.75) is 6.92 Å². The standard InChI is InChI=1S/C18H16F2N2O2/c1-13-7-2-3-10-16(13)24-12-5-4-11-21-18(23)22-17-14(19)8-6-9-15(17)20/h2-3,6-10H,11-12H2,1H3,(H2,21,22,23). The molecule has 6 heteroatoms. The lowest BCUT2D eigenvalue weighted by Crippen LogP contribution is -2.29. The fourth-order valence-electron chi connectivity index (χ4n) is 1.85. The molecule has 0 aliphatic carbocycles. The Balaban J connectivity index is 1.75. The van der Waals surface area contributed by atoms with Crippen molar-refractivity contribution in [3.05, 3.63) is 59.7 Å². The fraction of sp³-hybridized carbons (Fsp3) is 0.167. The summed E-state index contributed by atoms with van der Waals surface area (Å²) in [4.78, 5) is 11.6. The monoisotopic (exact) mass is 330 g/mol. The minimum absolute atomic E-state index is 0.0268. The molecule has 0 saturated carbocycles. The molecule has 0 heterocycles. The molecule has 0 aromatic heterocycles. The van der Waals surface area contributed by atoms with Gasteiger partial charge in [0, 0.05) is 0 Å². The summed E-state index contributed by atoms with van der Waals surface area (Å²) in [6.45, 7) is 2.13. The number of halogens is 2. The van der Waals surface area contributed by atoms with Gasteiger partial charge < -0.3 is 15.4 Å². The number of ether oxygens (including phenoxy) is 1. The molecular weight excluding hydrogens is 314 g/mol. The molecule has 2 aromatic carbocycles. The molecule has 2 amide bonds. The average molecular weight is 330 g/mol. The molecule has 0 atom stereocenters. The van der Waals surface area contributed by atoms with E-state index in [0.29, 0.717) is 0 Å². The van der Waals surface area contributed by atoms with Crippen LogP contribution in [0.2, 0.25) is 0 Å². The summed E-state index contributed by atoms with van der Waals surface area (Å²) in [5, 5.41) is 4.49. The second kappa shape index (κ2) is 8.53. The van der Waals surface area contributed by atoms with Gasteiger partial charge in [-0.15, -0.1) is 0 Å². The highest BCUT2D eigenvalue weighted by Crippen LogP contribution is 2.17. The number of aryl methyl sites for hydroxylation is 1. The number of carbonyl (C=O) groups excluding carboxylic acids is 1. The zero-order valence-corrected chi connectivity index (χ0v) is 13.0. The Labute approximate surface area is 138 Å². The van der Waals surface area contributed by atoms with E-state index in [2.05, 4.69) is 22.5 Å². The molecular formula is C18H16F2N2O2. The number of benzene rings is 2. The summed E-state index contributed by atoms with van der Waals surface area (Å²) in [5.74, 6) is 4.48. The molecule has 0 spiro atoms. The quantitative estimate of drug-likeness (QED) is 0.843. The van der Waals surface area contributed by atoms with Crippen LogP contribution in [0, 0.1) is 30.4 Å². The highest BCUT2D eigenvalue weighted by molar-refractivity contribution is 5.89. The lowest BCUT2D eigenvalue weighted by atomic mass is 10.2. The van der Waals surface area contributed by atoms with Gasteiger partial charge in [0.15, 0.2) is 0 Å². The molecule has 0 fully saturated rings. The van der Waals surface area contributed by atoms with Gasteiger partial charge in [0.1, 0.15) is 29.7 Å². The topological polar surface area (TPSA) is 50.4 Å². The number of rotatable bonds is 4. The van der Waals surface area contributed by atoms with Gasteiger partial charge in [0.05, 0.1) is 6.54 Å². The number of carbonyl (C=O) groups is 1. The van der Waals surface area contributed by atoms with E-state index in [1.165, 1.54) is 6.07 Å². The van der Waals surface area contributed by atoms with Gasteiger partial charge in [-0.1, -0.05) is 36.1 Å². The maximum Gasteiger partial charge on any atom is 0.320 e. The van der Waals surface area contributed by atoms with Crippen molar-refractivity contribution in [2.24, 2.45) is 0 Å². The predicted molar refractivity (Wildman–Crippen MR) is 87.8 cm³/mol. The molecule has 0 aliphatic rings. The predicted octanol–water partition coefficient (Wildman–Crippen LogP) is 3.48. The van der Waals surface area contributed by atoms with Gasteiger partial charge in [0.2, 0.25) is 0 Å². The molecule has 24 heavy (non-hydrogen) atoms. The highest BCUT2D eigenvalue weighted by atomic mass is 19.1. The Morgan fingerprint density at radius 1 is 1.08 bits per heavy atom. The number of hydrogen-bond donors (Lipinski definition) is 2. The Morgan fingerprint density at radius 2 is 1.79 bits per heavy atom. The second-order valence-corrected chi connectivity index (χ2v) is 4.81. The SMILES string of the molecule is Cc1ccccc1OCC#CCNC(=O)Nc1c(F)cccc1F. The largest absolute Gasteiger partial charge is 0.481 e. The minimum Gasteiger partial charge on any atom is -0.481 e. The summed E-state index contributed by atoms with van der Waals surface area (Å²) in [6, 6.07) is 10.1. The number of nitrogens with one attached hydrogen (secondary N) is 2. The first-order valence-corrected chi connectivity index (χ1v) is 7.21. The Morgan fingerprint density at radius 3 is 2.50 bits per heavy atom. The number of urea groups is 1. The third-order valence-corrected chi connectivity index (χ3v) is 3.06. The van der Waals surface area contributed by atoms with Gasteiger partial charge in [-0.2, -0.15) is 0 Å². The van der Waals surface area contributed by atoms with Crippen LogP contribution < -0.4 is 15.4 Å². The van der Waals surface area contributed by atoms with Gasteiger partial charge in [-0.25, -0.2) is 13.6 Å². The highest BCUT2D eigenvalue weighted by Gasteiger charge is 2.10. The molecule has 124 valence electrons. The van der Waals surface area contributed by atoms with E-state index in [4.69, 9.17) is 4.74 Å². The van der Waals surface area contributed by atoms with Crippen LogP contribution in [0.4, 0.5) is 19.3 Å². The van der Waals surface area contributed by atoms with E-state index in [1.807, 2.05) is 31.2 Å². The molecule has 0 bridgehead atoms. The fourth-order valence-corrected chi connectivity index (χ4v) is 1.85. The van der Waals surface area contributed by atoms with Gasteiger partial charge in [-0.05, 0) is 30.7 Å². The van der Waals surface area contributed by atoms with Crippen molar-refractivity contribution < 1.29 is 18.3 Å². The number of amides is 2. The zero-order chi connectivity index (χ0) is 17.4. The lowest BCUT2D eigenvalue weighted by Gasteiger charge is -2.07. The summed E-state index contributed by atoms with van der Waals surface area (Å²) >= 11 is 0. The van der Waals surface area contributed by atoms with Crippen molar-refractivity contribution in [1.82, 2.24) is 5.32 Å². The molecule has 2 N–H and O–H groups in total. The van der Waals surface area contributed by atoms with E-state index in [1.54, 1.807) is 0 Å². The van der Waals surface area contributed by atoms with Crippen LogP contribution in [0.3, 0.4) is 0 Å². The van der Waals surface area contributed by atoms with E-state index in [-0.39, 0.29) is 13.2 Å². The van der Waals surface area contributed by atoms with E-state index >= 15 is 0 Å². The first kappa shape index (κ1) is 17.3. The molecule has 0 saturated heterocycles. The van der Waals surface area contributed by atoms with Crippen molar-refractivity contribution >= 4 is 11.7 Å². The van der Waals surface area contributed by atoms with Crippen LogP contribution in [0.1, 0.15) is 5.56 Å². The normalized spacial score (nSPS) is 9.62. The maximum atomic E-state index is 13.4. The third-order valence-electron chi connectivity index (χ3n) is 3.06. The van der Waals surface area contributed by atoms with Crippen LogP contribution in [-0.4, -0.2) is 19.2 Å². The number of para-hydroxylation sites is 2. The first-order chi connectivity index (χ1) is 11.6. The first-order valence-electron chi connectivity index (χ1n) is 7.21. The Kier molecular flexibility index (Phi) is 6.15. The van der Waals surface area contributed by atoms with E-state index in [0.717, 1.165) is 23.4 Å². The van der Waals surface area contributed by atoms with Crippen molar-refractivity contribution in [1.29, 1.82) is 0 Å². The van der Waals surface area contributed by atoms with Crippen molar-refractivity contribution in [3.8, 4) is 17.6 Å². The van der Waals surface area contributed by atoms with Crippen molar-refractivity contribution in [2.75, 3.05) is 18.5 Å². The van der Waals surface area contributed by atoms with Crippen LogP contribution in [0.5, 0.6) is 5.75 Å². The van der Waals surface area contributed by atoms with Gasteiger partial charge in [-0.3, -0.25) is 0 Å². The average Bonchev–Trinajstić information content (AvgIpc) is 2.56. The van der Waals surface area contributed by atoms with Crippen LogP contribution >= 0.6 is 0 Å². The molecule has 2 aromatic rings. The third kappa shape index (κ3) is 4.99. The smallest absolute Gasteiger partial charge is 0.320 e. The molecule has 4 nitrogen and oxygen atoms in total. The van der Waals surface area contributed by atoms with Crippen LogP contribution in [0.25, 0.3) is 0 Å². The Hall–Kier alpha value is -3.07. The summed E-state index contributed by atoms with van der Waals surface area (Å²) in [7, 11) is 0. The summed E-state index contributed by atoms with van der Waals surface area (Å²) in [6.07, 6.45) is 0. The molecule has 0 aliphatic heterocycles. The number of hydrogen-bond acceptors (Lipinski definition) is 2. The zero-order valence-electron chi connectivity index (χ0n) is 13.0. The van der Waals surface area contributed by atoms with Gasteiger partial charge >= 0.3 is 6.03 Å². The van der Waals surface area contributed by atoms with Crippen molar-refractivity contribution in [3.63, 3.8) is 0 Å². The minimum atomic E-state index is -0.845. The molecule has 0 unspecified atom stereocenters. The molecule has 2 rings (SSSR count). The van der Waals surface area contributed by atoms with Crippen LogP contribution in [-0.2, 0) is 0 Å². The van der Waals surface area contributed by atoms with E-state index < -0.39 is 23.4 Å². The summed E-state index contributed by atoms with van der Waals surface area (Å²) in [5.41, 5.74) is 0.509. The lowest BCUT2D eigenvalue weighted by molar-refractivity contribution is 0.253. The van der Waals surface area contributed by atoms with E-state index in [9.17, 15) is 13.6 Å². The molecule has 0 radical (unpaired) electrons.